The topological polar surface area (TPSA) is 82.9 Å². The van der Waals surface area contributed by atoms with Gasteiger partial charge >= 0.3 is 0 Å². The van der Waals surface area contributed by atoms with Gasteiger partial charge < -0.3 is 14.4 Å². The second-order valence-corrected chi connectivity index (χ2v) is 8.41. The van der Waals surface area contributed by atoms with Gasteiger partial charge in [0.2, 0.25) is 10.0 Å². The van der Waals surface area contributed by atoms with E-state index in [0.29, 0.717) is 30.2 Å². The Labute approximate surface area is 166 Å². The van der Waals surface area contributed by atoms with Gasteiger partial charge in [-0.05, 0) is 43.9 Å². The fraction of sp³-hybridized carbons (Fsp3) is 0.350. The van der Waals surface area contributed by atoms with E-state index in [4.69, 9.17) is 14.7 Å². The van der Waals surface area contributed by atoms with Crippen LogP contribution in [0.15, 0.2) is 47.4 Å². The molecule has 0 heterocycles. The molecule has 0 fully saturated rings. The van der Waals surface area contributed by atoms with Gasteiger partial charge in [0.25, 0.3) is 0 Å². The summed E-state index contributed by atoms with van der Waals surface area (Å²) in [4.78, 5) is 2.04. The highest BCUT2D eigenvalue weighted by molar-refractivity contribution is 7.89. The highest BCUT2D eigenvalue weighted by Gasteiger charge is 2.26. The average molecular weight is 404 g/mol. The monoisotopic (exact) mass is 403 g/mol. The molecule has 2 aromatic rings. The van der Waals surface area contributed by atoms with Crippen LogP contribution in [0.3, 0.4) is 0 Å². The molecule has 28 heavy (non-hydrogen) atoms. The van der Waals surface area contributed by atoms with Crippen LogP contribution in [0, 0.1) is 11.3 Å². The molecule has 0 saturated carbocycles. The molecule has 0 radical (unpaired) electrons. The molecular formula is C20H25N3O4S. The SMILES string of the molecule is COc1ccc(S(=O)(=O)N(CCN(C)C)Cc2cccc(C#N)c2)cc1OC. The summed E-state index contributed by atoms with van der Waals surface area (Å²) >= 11 is 0. The van der Waals surface area contributed by atoms with Crippen LogP contribution in [0.25, 0.3) is 0 Å². The lowest BCUT2D eigenvalue weighted by molar-refractivity contribution is 0.328. The lowest BCUT2D eigenvalue weighted by atomic mass is 10.1. The molecule has 2 aromatic carbocycles. The summed E-state index contributed by atoms with van der Waals surface area (Å²) in [6.45, 7) is 1.03. The summed E-state index contributed by atoms with van der Waals surface area (Å²) in [5.41, 5.74) is 1.25. The maximum absolute atomic E-state index is 13.3. The number of rotatable bonds is 9. The lowest BCUT2D eigenvalue weighted by Gasteiger charge is -2.24. The van der Waals surface area contributed by atoms with E-state index in [0.717, 1.165) is 5.56 Å². The maximum Gasteiger partial charge on any atom is 0.243 e. The lowest BCUT2D eigenvalue weighted by Crippen LogP contribution is -2.36. The second-order valence-electron chi connectivity index (χ2n) is 6.47. The van der Waals surface area contributed by atoms with Crippen molar-refractivity contribution in [2.45, 2.75) is 11.4 Å². The first-order chi connectivity index (χ1) is 13.3. The van der Waals surface area contributed by atoms with E-state index < -0.39 is 10.0 Å². The van der Waals surface area contributed by atoms with Crippen molar-refractivity contribution in [3.63, 3.8) is 0 Å². The Morgan fingerprint density at radius 1 is 1.00 bits per heavy atom. The summed E-state index contributed by atoms with van der Waals surface area (Å²) in [5, 5.41) is 9.10. The van der Waals surface area contributed by atoms with Gasteiger partial charge in [-0.25, -0.2) is 8.42 Å². The summed E-state index contributed by atoms with van der Waals surface area (Å²) in [6.07, 6.45) is 0. The van der Waals surface area contributed by atoms with Crippen molar-refractivity contribution in [3.05, 3.63) is 53.6 Å². The van der Waals surface area contributed by atoms with Crippen molar-refractivity contribution in [1.29, 1.82) is 5.26 Å². The van der Waals surface area contributed by atoms with Crippen LogP contribution in [0.4, 0.5) is 0 Å². The molecule has 0 atom stereocenters. The quantitative estimate of drug-likeness (QED) is 0.639. The average Bonchev–Trinajstić information content (AvgIpc) is 2.70. The normalized spacial score (nSPS) is 11.5. The van der Waals surface area contributed by atoms with E-state index in [9.17, 15) is 8.42 Å². The molecule has 2 rings (SSSR count). The molecule has 8 heteroatoms. The largest absolute Gasteiger partial charge is 0.493 e. The van der Waals surface area contributed by atoms with Gasteiger partial charge in [0.15, 0.2) is 11.5 Å². The Hall–Kier alpha value is -2.60. The van der Waals surface area contributed by atoms with Crippen LogP contribution >= 0.6 is 0 Å². The number of ether oxygens (including phenoxy) is 2. The van der Waals surface area contributed by atoms with E-state index >= 15 is 0 Å². The Morgan fingerprint density at radius 2 is 1.71 bits per heavy atom. The van der Waals surface area contributed by atoms with Crippen molar-refractivity contribution in [1.82, 2.24) is 9.21 Å². The summed E-state index contributed by atoms with van der Waals surface area (Å²) < 4.78 is 38.5. The van der Waals surface area contributed by atoms with Crippen LogP contribution in [0.1, 0.15) is 11.1 Å². The first kappa shape index (κ1) is 21.7. The molecule has 0 amide bonds. The van der Waals surface area contributed by atoms with Crippen LogP contribution in [0.5, 0.6) is 11.5 Å². The molecule has 0 N–H and O–H groups in total. The minimum atomic E-state index is -3.78. The number of benzene rings is 2. The molecule has 150 valence electrons. The van der Waals surface area contributed by atoms with Crippen molar-refractivity contribution < 1.29 is 17.9 Å². The molecule has 0 spiro atoms. The summed E-state index contributed by atoms with van der Waals surface area (Å²) in [6, 6.07) is 13.6. The standard InChI is InChI=1S/C20H25N3O4S/c1-22(2)10-11-23(15-17-7-5-6-16(12-17)14-21)28(24,25)18-8-9-19(26-3)20(13-18)27-4/h5-9,12-13H,10-11,15H2,1-4H3. The van der Waals surface area contributed by atoms with Gasteiger partial charge in [-0.1, -0.05) is 12.1 Å². The molecule has 0 aromatic heterocycles. The van der Waals surface area contributed by atoms with Gasteiger partial charge in [0.1, 0.15) is 0 Å². The second kappa shape index (κ2) is 9.55. The Morgan fingerprint density at radius 3 is 2.32 bits per heavy atom. The van der Waals surface area contributed by atoms with Gasteiger partial charge in [-0.3, -0.25) is 0 Å². The zero-order chi connectivity index (χ0) is 20.7. The first-order valence-electron chi connectivity index (χ1n) is 8.67. The first-order valence-corrected chi connectivity index (χ1v) is 10.1. The van der Waals surface area contributed by atoms with Crippen molar-refractivity contribution in [2.24, 2.45) is 0 Å². The number of methoxy groups -OCH3 is 2. The van der Waals surface area contributed by atoms with Gasteiger partial charge in [-0.15, -0.1) is 0 Å². The third-order valence-corrected chi connectivity index (χ3v) is 6.05. The van der Waals surface area contributed by atoms with Crippen molar-refractivity contribution in [3.8, 4) is 17.6 Å². The third-order valence-electron chi connectivity index (χ3n) is 4.20. The van der Waals surface area contributed by atoms with Gasteiger partial charge in [0, 0.05) is 25.7 Å². The van der Waals surface area contributed by atoms with E-state index in [1.807, 2.05) is 25.1 Å². The Balaban J connectivity index is 2.41. The minimum Gasteiger partial charge on any atom is -0.493 e. The smallest absolute Gasteiger partial charge is 0.243 e. The van der Waals surface area contributed by atoms with E-state index in [1.165, 1.54) is 30.7 Å². The zero-order valence-corrected chi connectivity index (χ0v) is 17.4. The number of likely N-dealkylation sites (N-methyl/N-ethyl adjacent to an activating group) is 1. The summed E-state index contributed by atoms with van der Waals surface area (Å²) in [7, 11) is 2.95. The molecule has 0 saturated heterocycles. The van der Waals surface area contributed by atoms with Crippen LogP contribution in [0.2, 0.25) is 0 Å². The summed E-state index contributed by atoms with van der Waals surface area (Å²) in [5.74, 6) is 0.811. The predicted octanol–water partition coefficient (Wildman–Crippen LogP) is 2.33. The molecule has 0 aliphatic heterocycles. The minimum absolute atomic E-state index is 0.125. The number of nitriles is 1. The fourth-order valence-corrected chi connectivity index (χ4v) is 4.10. The zero-order valence-electron chi connectivity index (χ0n) is 16.5. The maximum atomic E-state index is 13.3. The predicted molar refractivity (Wildman–Crippen MR) is 107 cm³/mol. The van der Waals surface area contributed by atoms with Gasteiger partial charge in [-0.2, -0.15) is 9.57 Å². The molecule has 0 bridgehead atoms. The fourth-order valence-electron chi connectivity index (χ4n) is 2.66. The highest BCUT2D eigenvalue weighted by atomic mass is 32.2. The van der Waals surface area contributed by atoms with Crippen LogP contribution in [-0.4, -0.2) is 59.0 Å². The van der Waals surface area contributed by atoms with Crippen molar-refractivity contribution in [2.75, 3.05) is 41.4 Å². The third kappa shape index (κ3) is 5.23. The molecule has 0 unspecified atom stereocenters. The molecule has 0 aliphatic carbocycles. The molecular weight excluding hydrogens is 378 g/mol. The van der Waals surface area contributed by atoms with E-state index in [2.05, 4.69) is 6.07 Å². The number of nitrogens with zero attached hydrogens (tertiary/aromatic N) is 3. The van der Waals surface area contributed by atoms with Crippen LogP contribution in [-0.2, 0) is 16.6 Å². The Bertz CT molecular complexity index is 952. The number of hydrogen-bond donors (Lipinski definition) is 0. The Kier molecular flexibility index (Phi) is 7.40. The van der Waals surface area contributed by atoms with E-state index in [1.54, 1.807) is 24.3 Å². The van der Waals surface area contributed by atoms with Crippen molar-refractivity contribution >= 4 is 10.0 Å². The van der Waals surface area contributed by atoms with E-state index in [-0.39, 0.29) is 11.4 Å². The number of hydrogen-bond acceptors (Lipinski definition) is 6. The molecule has 7 nitrogen and oxygen atoms in total. The number of sulfonamides is 1. The van der Waals surface area contributed by atoms with Crippen LogP contribution < -0.4 is 9.47 Å². The highest BCUT2D eigenvalue weighted by Crippen LogP contribution is 2.31. The van der Waals surface area contributed by atoms with Gasteiger partial charge in [0.05, 0.1) is 30.7 Å². The molecule has 0 aliphatic rings.